The van der Waals surface area contributed by atoms with Crippen molar-refractivity contribution in [1.82, 2.24) is 4.90 Å². The van der Waals surface area contributed by atoms with E-state index in [9.17, 15) is 0 Å². The lowest BCUT2D eigenvalue weighted by atomic mass is 9.95. The molecule has 2 aromatic rings. The van der Waals surface area contributed by atoms with Gasteiger partial charge in [-0.2, -0.15) is 10.5 Å². The first-order chi connectivity index (χ1) is 11.2. The monoisotopic (exact) mass is 304 g/mol. The number of aliphatic hydroxyl groups is 1. The number of rotatable bonds is 4. The van der Waals surface area contributed by atoms with Gasteiger partial charge < -0.3 is 15.3 Å². The zero-order valence-electron chi connectivity index (χ0n) is 12.6. The fourth-order valence-corrected chi connectivity index (χ4v) is 2.87. The average molecular weight is 304 g/mol. The molecule has 0 aliphatic carbocycles. The first-order valence-corrected chi connectivity index (χ1v) is 7.41. The van der Waals surface area contributed by atoms with Crippen molar-refractivity contribution >= 4 is 5.69 Å². The first-order valence-electron chi connectivity index (χ1n) is 7.41. The Balaban J connectivity index is 2.05. The highest BCUT2D eigenvalue weighted by Gasteiger charge is 2.22. The van der Waals surface area contributed by atoms with Gasteiger partial charge in [-0.15, -0.1) is 0 Å². The third kappa shape index (κ3) is 2.96. The lowest BCUT2D eigenvalue weighted by molar-refractivity contribution is 0.311. The number of aliphatic hydroxyl groups excluding tert-OH is 1. The van der Waals surface area contributed by atoms with Crippen molar-refractivity contribution in [1.29, 1.82) is 10.5 Å². The fraction of sp³-hybridized carbons (Fsp3) is 0.222. The predicted molar refractivity (Wildman–Crippen MR) is 87.0 cm³/mol. The van der Waals surface area contributed by atoms with E-state index in [0.717, 1.165) is 27.9 Å². The predicted octanol–water partition coefficient (Wildman–Crippen LogP) is 2.43. The fourth-order valence-electron chi connectivity index (χ4n) is 2.87. The van der Waals surface area contributed by atoms with Gasteiger partial charge in [0.1, 0.15) is 0 Å². The maximum Gasteiger partial charge on any atom is 0.179 e. The van der Waals surface area contributed by atoms with E-state index in [1.54, 1.807) is 17.0 Å². The standard InChI is InChI=1S/C18H16N4O/c19-9-13-1-3-14(4-2-13)17-8-16(21-5-6-23)7-15-10-22(12-20)11-18(15)17/h1-4,7-8,21,23H,5-6,10-11H2. The summed E-state index contributed by atoms with van der Waals surface area (Å²) in [6.45, 7) is 1.74. The summed E-state index contributed by atoms with van der Waals surface area (Å²) in [5, 5.41) is 30.3. The van der Waals surface area contributed by atoms with Crippen LogP contribution in [-0.2, 0) is 13.1 Å². The lowest BCUT2D eigenvalue weighted by Gasteiger charge is -2.13. The zero-order chi connectivity index (χ0) is 16.2. The van der Waals surface area contributed by atoms with Crippen molar-refractivity contribution in [3.8, 4) is 23.4 Å². The average Bonchev–Trinajstić information content (AvgIpc) is 3.02. The van der Waals surface area contributed by atoms with Gasteiger partial charge in [-0.3, -0.25) is 0 Å². The summed E-state index contributed by atoms with van der Waals surface area (Å²) < 4.78 is 0. The van der Waals surface area contributed by atoms with Crippen LogP contribution in [0.15, 0.2) is 36.4 Å². The van der Waals surface area contributed by atoms with Gasteiger partial charge in [0, 0.05) is 12.2 Å². The number of nitrogens with one attached hydrogen (secondary N) is 1. The van der Waals surface area contributed by atoms with E-state index in [2.05, 4.69) is 17.6 Å². The van der Waals surface area contributed by atoms with Crippen molar-refractivity contribution in [2.24, 2.45) is 0 Å². The summed E-state index contributed by atoms with van der Waals surface area (Å²) in [6, 6.07) is 13.7. The van der Waals surface area contributed by atoms with E-state index < -0.39 is 0 Å². The molecule has 2 N–H and O–H groups in total. The van der Waals surface area contributed by atoms with Crippen molar-refractivity contribution in [3.05, 3.63) is 53.1 Å². The van der Waals surface area contributed by atoms with Gasteiger partial charge in [0.05, 0.1) is 31.3 Å². The van der Waals surface area contributed by atoms with Gasteiger partial charge >= 0.3 is 0 Å². The minimum atomic E-state index is 0.0631. The van der Waals surface area contributed by atoms with Crippen LogP contribution in [-0.4, -0.2) is 23.2 Å². The number of anilines is 1. The van der Waals surface area contributed by atoms with Crippen LogP contribution in [0, 0.1) is 22.8 Å². The van der Waals surface area contributed by atoms with Crippen LogP contribution in [0.1, 0.15) is 16.7 Å². The Hall–Kier alpha value is -3.02. The molecule has 0 saturated carbocycles. The quantitative estimate of drug-likeness (QED) is 0.848. The number of benzene rings is 2. The van der Waals surface area contributed by atoms with E-state index in [0.29, 0.717) is 25.2 Å². The highest BCUT2D eigenvalue weighted by Crippen LogP contribution is 2.35. The Bertz CT molecular complexity index is 799. The lowest BCUT2D eigenvalue weighted by Crippen LogP contribution is -2.07. The van der Waals surface area contributed by atoms with Gasteiger partial charge in [0.2, 0.25) is 0 Å². The van der Waals surface area contributed by atoms with Crippen LogP contribution < -0.4 is 5.32 Å². The Morgan fingerprint density at radius 2 is 1.91 bits per heavy atom. The Morgan fingerprint density at radius 3 is 2.57 bits per heavy atom. The molecule has 2 aromatic carbocycles. The smallest absolute Gasteiger partial charge is 0.179 e. The minimum absolute atomic E-state index is 0.0631. The van der Waals surface area contributed by atoms with Gasteiger partial charge in [0.25, 0.3) is 0 Å². The molecule has 114 valence electrons. The maximum atomic E-state index is 9.17. The van der Waals surface area contributed by atoms with E-state index in [4.69, 9.17) is 15.6 Å². The molecule has 1 aliphatic rings. The molecule has 0 unspecified atom stereocenters. The molecule has 3 rings (SSSR count). The molecule has 0 amide bonds. The highest BCUT2D eigenvalue weighted by atomic mass is 16.3. The van der Waals surface area contributed by atoms with Gasteiger partial charge in [0.15, 0.2) is 6.19 Å². The molecule has 5 nitrogen and oxygen atoms in total. The van der Waals surface area contributed by atoms with E-state index >= 15 is 0 Å². The molecule has 0 saturated heterocycles. The minimum Gasteiger partial charge on any atom is -0.395 e. The molecule has 0 fully saturated rings. The van der Waals surface area contributed by atoms with Crippen LogP contribution in [0.2, 0.25) is 0 Å². The SMILES string of the molecule is N#Cc1ccc(-c2cc(NCCO)cc3c2CN(C#N)C3)cc1. The van der Waals surface area contributed by atoms with E-state index in [1.807, 2.05) is 24.3 Å². The highest BCUT2D eigenvalue weighted by molar-refractivity contribution is 5.74. The summed E-state index contributed by atoms with van der Waals surface area (Å²) in [6.07, 6.45) is 2.20. The first kappa shape index (κ1) is 14.9. The van der Waals surface area contributed by atoms with Crippen molar-refractivity contribution in [2.75, 3.05) is 18.5 Å². The normalized spacial score (nSPS) is 12.4. The van der Waals surface area contributed by atoms with Gasteiger partial charge in [-0.25, -0.2) is 0 Å². The molecule has 0 radical (unpaired) electrons. The largest absolute Gasteiger partial charge is 0.395 e. The Labute approximate surface area is 135 Å². The summed E-state index contributed by atoms with van der Waals surface area (Å²) in [5.41, 5.74) is 5.90. The van der Waals surface area contributed by atoms with E-state index in [-0.39, 0.29) is 6.61 Å². The second-order valence-electron chi connectivity index (χ2n) is 5.46. The topological polar surface area (TPSA) is 83.1 Å². The molecule has 5 heteroatoms. The zero-order valence-corrected chi connectivity index (χ0v) is 12.6. The van der Waals surface area contributed by atoms with Crippen molar-refractivity contribution in [2.45, 2.75) is 13.1 Å². The van der Waals surface area contributed by atoms with Crippen molar-refractivity contribution in [3.63, 3.8) is 0 Å². The summed E-state index contributed by atoms with van der Waals surface area (Å²) in [5.74, 6) is 0. The molecule has 0 aromatic heterocycles. The van der Waals surface area contributed by atoms with Crippen LogP contribution in [0.25, 0.3) is 11.1 Å². The molecular formula is C18H16N4O. The second kappa shape index (κ2) is 6.39. The van der Waals surface area contributed by atoms with Gasteiger partial charge in [-0.05, 0) is 46.5 Å². The molecule has 0 atom stereocenters. The third-order valence-electron chi connectivity index (χ3n) is 3.96. The maximum absolute atomic E-state index is 9.17. The second-order valence-corrected chi connectivity index (χ2v) is 5.46. The van der Waals surface area contributed by atoms with Crippen LogP contribution >= 0.6 is 0 Å². The summed E-state index contributed by atoms with van der Waals surface area (Å²) in [4.78, 5) is 1.72. The Morgan fingerprint density at radius 1 is 1.13 bits per heavy atom. The number of nitrogens with zero attached hydrogens (tertiary/aromatic N) is 3. The molecule has 1 heterocycles. The number of hydrogen-bond donors (Lipinski definition) is 2. The van der Waals surface area contributed by atoms with Crippen LogP contribution in [0.5, 0.6) is 0 Å². The molecular weight excluding hydrogens is 288 g/mol. The van der Waals surface area contributed by atoms with Crippen molar-refractivity contribution < 1.29 is 5.11 Å². The molecule has 0 spiro atoms. The molecule has 0 bridgehead atoms. The number of hydrogen-bond acceptors (Lipinski definition) is 5. The third-order valence-corrected chi connectivity index (χ3v) is 3.96. The van der Waals surface area contributed by atoms with Crippen LogP contribution in [0.3, 0.4) is 0 Å². The van der Waals surface area contributed by atoms with Gasteiger partial charge in [-0.1, -0.05) is 12.1 Å². The molecule has 23 heavy (non-hydrogen) atoms. The van der Waals surface area contributed by atoms with Crippen LogP contribution in [0.4, 0.5) is 5.69 Å². The van der Waals surface area contributed by atoms with E-state index in [1.165, 1.54) is 0 Å². The molecule has 1 aliphatic heterocycles. The number of fused-ring (bicyclic) bond motifs is 1. The number of nitriles is 2. The summed E-state index contributed by atoms with van der Waals surface area (Å²) in [7, 11) is 0. The summed E-state index contributed by atoms with van der Waals surface area (Å²) >= 11 is 0. The Kier molecular flexibility index (Phi) is 4.14.